The van der Waals surface area contributed by atoms with E-state index in [1.165, 1.54) is 32.1 Å². The molecule has 0 bridgehead atoms. The van der Waals surface area contributed by atoms with Crippen molar-refractivity contribution < 1.29 is 23.1 Å². The molecule has 9 atom stereocenters. The SMILES string of the molecule is CC(C)C1CC[C@]2(NCCN3CCS(=O)(=O)CC3)CC[C@]3(C)[C@H](CC[C@@H]4[C@@]5(C)C(=O)C=C(c6ccc(C(=O)O)cc6)C(C)(C)[C@@H]5CC[C@]43C)[C@@H]12. The lowest BCUT2D eigenvalue weighted by Gasteiger charge is -2.72. The fourth-order valence-corrected chi connectivity index (χ4v) is 15.0. The van der Waals surface area contributed by atoms with Crippen molar-refractivity contribution in [3.63, 3.8) is 0 Å². The minimum atomic E-state index is -2.88. The zero-order chi connectivity index (χ0) is 36.1. The van der Waals surface area contributed by atoms with Gasteiger partial charge < -0.3 is 15.3 Å². The maximum Gasteiger partial charge on any atom is 0.335 e. The van der Waals surface area contributed by atoms with E-state index in [9.17, 15) is 23.1 Å². The molecule has 5 fully saturated rings. The molecule has 2 N–H and O–H groups in total. The van der Waals surface area contributed by atoms with Crippen molar-refractivity contribution in [2.24, 2.45) is 57.2 Å². The fourth-order valence-electron chi connectivity index (χ4n) is 13.7. The number of ketones is 1. The van der Waals surface area contributed by atoms with E-state index in [2.05, 4.69) is 58.7 Å². The third-order valence-electron chi connectivity index (χ3n) is 16.6. The molecule has 1 unspecified atom stereocenters. The van der Waals surface area contributed by atoms with Crippen LogP contribution in [-0.2, 0) is 14.6 Å². The van der Waals surface area contributed by atoms with Gasteiger partial charge in [0.05, 0.1) is 17.1 Å². The van der Waals surface area contributed by atoms with Gasteiger partial charge in [0.25, 0.3) is 0 Å². The molecule has 1 heterocycles. The van der Waals surface area contributed by atoms with Gasteiger partial charge in [-0.25, -0.2) is 13.2 Å². The number of rotatable bonds is 7. The Hall–Kier alpha value is -2.03. The standard InChI is InChI=1S/C42H62N2O5S/c1-27(2)30-14-17-42(43-20-21-44-22-24-50(48,49)25-23-44)19-18-39(5)31(36(30)42)12-13-34-40(39,6)16-15-33-38(3,4)32(26-35(45)41(33,34)7)28-8-10-29(11-9-28)37(46)47/h8-11,26-27,30-31,33-34,36,43H,12-25H2,1-7H3,(H,46,47)/t30?,31-,33+,34+,36-,39-,40-,41+,42+/m1/s1. The Morgan fingerprint density at radius 1 is 0.900 bits per heavy atom. The Bertz CT molecular complexity index is 1650. The molecule has 1 aliphatic heterocycles. The number of sulfone groups is 1. The smallest absolute Gasteiger partial charge is 0.335 e. The van der Waals surface area contributed by atoms with Gasteiger partial charge in [-0.15, -0.1) is 0 Å². The van der Waals surface area contributed by atoms with Crippen LogP contribution < -0.4 is 5.32 Å². The topological polar surface area (TPSA) is 104 Å². The molecule has 0 aromatic heterocycles. The zero-order valence-corrected chi connectivity index (χ0v) is 32.5. The first kappa shape index (κ1) is 36.3. The van der Waals surface area contributed by atoms with Crippen LogP contribution in [0.3, 0.4) is 0 Å². The first-order valence-electron chi connectivity index (χ1n) is 19.7. The van der Waals surface area contributed by atoms with E-state index in [0.717, 1.165) is 43.5 Å². The number of carbonyl (C=O) groups excluding carboxylic acids is 1. The summed E-state index contributed by atoms with van der Waals surface area (Å²) in [5.74, 6) is 3.01. The maximum absolute atomic E-state index is 14.7. The van der Waals surface area contributed by atoms with Crippen molar-refractivity contribution >= 4 is 27.2 Å². The van der Waals surface area contributed by atoms with E-state index >= 15 is 0 Å². The number of benzene rings is 1. The van der Waals surface area contributed by atoms with Gasteiger partial charge in [0.1, 0.15) is 0 Å². The third-order valence-corrected chi connectivity index (χ3v) is 18.2. The second-order valence-electron chi connectivity index (χ2n) is 19.0. The fraction of sp³-hybridized carbons (Fsp3) is 0.762. The summed E-state index contributed by atoms with van der Waals surface area (Å²) in [4.78, 5) is 28.6. The molecular formula is C42H62N2O5S. The second kappa shape index (κ2) is 12.3. The first-order chi connectivity index (χ1) is 23.4. The van der Waals surface area contributed by atoms with E-state index in [1.807, 2.05) is 18.2 Å². The summed E-state index contributed by atoms with van der Waals surface area (Å²) in [6.45, 7) is 20.2. The minimum Gasteiger partial charge on any atom is -0.478 e. The molecule has 0 radical (unpaired) electrons. The highest BCUT2D eigenvalue weighted by Gasteiger charge is 2.72. The van der Waals surface area contributed by atoms with Crippen LogP contribution >= 0.6 is 0 Å². The number of hydrogen-bond acceptors (Lipinski definition) is 6. The molecule has 8 heteroatoms. The van der Waals surface area contributed by atoms with Gasteiger partial charge in [-0.05, 0) is 132 Å². The van der Waals surface area contributed by atoms with Crippen LogP contribution in [0.25, 0.3) is 5.57 Å². The maximum atomic E-state index is 14.7. The van der Waals surface area contributed by atoms with Gasteiger partial charge in [-0.3, -0.25) is 4.79 Å². The van der Waals surface area contributed by atoms with Crippen molar-refractivity contribution in [1.82, 2.24) is 10.2 Å². The lowest BCUT2D eigenvalue weighted by Crippen LogP contribution is -2.69. The lowest BCUT2D eigenvalue weighted by atomic mass is 9.32. The molecule has 7 nitrogen and oxygen atoms in total. The number of carboxylic acid groups (broad SMARTS) is 1. The van der Waals surface area contributed by atoms with E-state index < -0.39 is 21.2 Å². The van der Waals surface area contributed by atoms with E-state index in [-0.39, 0.29) is 50.6 Å². The minimum absolute atomic E-state index is 0.0664. The molecule has 7 rings (SSSR count). The highest BCUT2D eigenvalue weighted by molar-refractivity contribution is 7.91. The Morgan fingerprint density at radius 2 is 1.58 bits per heavy atom. The molecule has 0 amide bonds. The molecule has 6 aliphatic rings. The highest BCUT2D eigenvalue weighted by atomic mass is 32.2. The summed E-state index contributed by atoms with van der Waals surface area (Å²) >= 11 is 0. The molecule has 0 spiro atoms. The predicted octanol–water partition coefficient (Wildman–Crippen LogP) is 7.37. The summed E-state index contributed by atoms with van der Waals surface area (Å²) in [7, 11) is -2.88. The van der Waals surface area contributed by atoms with Crippen molar-refractivity contribution in [2.75, 3.05) is 37.7 Å². The largest absolute Gasteiger partial charge is 0.478 e. The quantitative estimate of drug-likeness (QED) is 0.305. The van der Waals surface area contributed by atoms with Crippen molar-refractivity contribution in [1.29, 1.82) is 0 Å². The number of nitrogens with one attached hydrogen (secondary N) is 1. The number of aromatic carboxylic acids is 1. The van der Waals surface area contributed by atoms with Crippen LogP contribution in [0, 0.1) is 57.2 Å². The lowest BCUT2D eigenvalue weighted by molar-refractivity contribution is -0.218. The van der Waals surface area contributed by atoms with Crippen molar-refractivity contribution in [2.45, 2.75) is 105 Å². The van der Waals surface area contributed by atoms with Crippen LogP contribution in [0.4, 0.5) is 0 Å². The Labute approximate surface area is 301 Å². The van der Waals surface area contributed by atoms with E-state index in [1.54, 1.807) is 12.1 Å². The summed E-state index contributed by atoms with van der Waals surface area (Å²) in [6.07, 6.45) is 11.3. The monoisotopic (exact) mass is 706 g/mol. The van der Waals surface area contributed by atoms with Crippen molar-refractivity contribution in [3.8, 4) is 0 Å². The molecule has 50 heavy (non-hydrogen) atoms. The molecule has 1 saturated heterocycles. The molecule has 1 aromatic rings. The van der Waals surface area contributed by atoms with Gasteiger partial charge in [0.15, 0.2) is 15.6 Å². The van der Waals surface area contributed by atoms with Crippen LogP contribution in [0.2, 0.25) is 0 Å². The number of carboxylic acids is 1. The summed E-state index contributed by atoms with van der Waals surface area (Å²) < 4.78 is 24.1. The molecule has 276 valence electrons. The number of carbonyl (C=O) groups is 2. The van der Waals surface area contributed by atoms with Crippen molar-refractivity contribution in [3.05, 3.63) is 41.5 Å². The van der Waals surface area contributed by atoms with Crippen LogP contribution in [0.5, 0.6) is 0 Å². The molecule has 4 saturated carbocycles. The van der Waals surface area contributed by atoms with Crippen LogP contribution in [0.15, 0.2) is 30.3 Å². The van der Waals surface area contributed by atoms with Crippen LogP contribution in [-0.4, -0.2) is 73.4 Å². The number of hydrogen-bond donors (Lipinski definition) is 2. The molecule has 1 aromatic carbocycles. The Morgan fingerprint density at radius 3 is 2.22 bits per heavy atom. The van der Waals surface area contributed by atoms with Crippen LogP contribution in [0.1, 0.15) is 116 Å². The number of allylic oxidation sites excluding steroid dienone is 2. The van der Waals surface area contributed by atoms with Gasteiger partial charge in [0, 0.05) is 37.1 Å². The average Bonchev–Trinajstić information content (AvgIpc) is 3.44. The molecular weight excluding hydrogens is 645 g/mol. The molecule has 5 aliphatic carbocycles. The third kappa shape index (κ3) is 5.34. The first-order valence-corrected chi connectivity index (χ1v) is 21.5. The van der Waals surface area contributed by atoms with Gasteiger partial charge in [-0.1, -0.05) is 60.6 Å². The predicted molar refractivity (Wildman–Crippen MR) is 200 cm³/mol. The Kier molecular flexibility index (Phi) is 8.91. The summed E-state index contributed by atoms with van der Waals surface area (Å²) in [5.41, 5.74) is 1.99. The van der Waals surface area contributed by atoms with Gasteiger partial charge in [0.2, 0.25) is 0 Å². The van der Waals surface area contributed by atoms with E-state index in [4.69, 9.17) is 0 Å². The average molecular weight is 707 g/mol. The summed E-state index contributed by atoms with van der Waals surface area (Å²) in [5, 5.41) is 13.7. The number of fused-ring (bicyclic) bond motifs is 7. The Balaban J connectivity index is 1.17. The van der Waals surface area contributed by atoms with Gasteiger partial charge >= 0.3 is 5.97 Å². The number of nitrogens with zero attached hydrogens (tertiary/aromatic N) is 1. The highest BCUT2D eigenvalue weighted by Crippen LogP contribution is 2.76. The van der Waals surface area contributed by atoms with E-state index in [0.29, 0.717) is 42.7 Å². The normalized spacial score (nSPS) is 42.2. The second-order valence-corrected chi connectivity index (χ2v) is 21.3. The van der Waals surface area contributed by atoms with Gasteiger partial charge in [-0.2, -0.15) is 0 Å². The zero-order valence-electron chi connectivity index (χ0n) is 31.7. The summed E-state index contributed by atoms with van der Waals surface area (Å²) in [6, 6.07) is 7.10.